The van der Waals surface area contributed by atoms with E-state index in [1.165, 1.54) is 7.11 Å². The number of hydrogen-bond donors (Lipinski definition) is 1. The number of rotatable bonds is 6. The molecule has 6 nitrogen and oxygen atoms in total. The summed E-state index contributed by atoms with van der Waals surface area (Å²) in [4.78, 5) is 37.0. The predicted octanol–water partition coefficient (Wildman–Crippen LogP) is -0.281. The van der Waals surface area contributed by atoms with Gasteiger partial charge in [-0.3, -0.25) is 14.4 Å². The summed E-state index contributed by atoms with van der Waals surface area (Å²) in [6.45, 7) is 2.81. The van der Waals surface area contributed by atoms with E-state index in [2.05, 4.69) is 5.32 Å². The maximum Gasteiger partial charge on any atom is 0.246 e. The number of hydrogen-bond acceptors (Lipinski definition) is 4. The molecule has 0 spiro atoms. The van der Waals surface area contributed by atoms with Gasteiger partial charge in [-0.25, -0.2) is 0 Å². The number of nitrogens with one attached hydrogen (secondary N) is 1. The molecular weight excluding hydrogens is 248 g/mol. The van der Waals surface area contributed by atoms with E-state index in [0.29, 0.717) is 32.4 Å². The van der Waals surface area contributed by atoms with E-state index in [9.17, 15) is 14.4 Å². The molecule has 6 heteroatoms. The van der Waals surface area contributed by atoms with Gasteiger partial charge in [-0.15, -0.1) is 0 Å². The van der Waals surface area contributed by atoms with Gasteiger partial charge in [0.1, 0.15) is 17.8 Å². The zero-order chi connectivity index (χ0) is 14.0. The Hall–Kier alpha value is -1.43. The molecule has 0 radical (unpaired) electrons. The zero-order valence-corrected chi connectivity index (χ0v) is 11.4. The molecule has 0 aromatic rings. The minimum atomic E-state index is -0.726. The number of methoxy groups -OCH3 is 1. The lowest BCUT2D eigenvalue weighted by molar-refractivity contribution is -0.148. The molecule has 0 aromatic carbocycles. The minimum Gasteiger partial charge on any atom is -0.375 e. The van der Waals surface area contributed by atoms with Gasteiger partial charge in [0.25, 0.3) is 0 Å². The van der Waals surface area contributed by atoms with Crippen molar-refractivity contribution in [1.82, 2.24) is 10.2 Å². The highest BCUT2D eigenvalue weighted by Gasteiger charge is 2.57. The fraction of sp³-hybridized carbons (Fsp3) is 0.769. The Morgan fingerprint density at radius 1 is 1.32 bits per heavy atom. The number of ketones is 1. The maximum atomic E-state index is 12.2. The first-order valence-electron chi connectivity index (χ1n) is 6.64. The van der Waals surface area contributed by atoms with Crippen molar-refractivity contribution in [2.24, 2.45) is 5.41 Å². The van der Waals surface area contributed by atoms with Crippen LogP contribution in [0.2, 0.25) is 0 Å². The fourth-order valence-electron chi connectivity index (χ4n) is 2.51. The average Bonchev–Trinajstić information content (AvgIpc) is 3.13. The van der Waals surface area contributed by atoms with Crippen LogP contribution >= 0.6 is 0 Å². The van der Waals surface area contributed by atoms with Crippen LogP contribution in [0.25, 0.3) is 0 Å². The van der Waals surface area contributed by atoms with Gasteiger partial charge in [-0.05, 0) is 12.8 Å². The number of carbonyl (C=O) groups is 3. The summed E-state index contributed by atoms with van der Waals surface area (Å²) in [7, 11) is 1.46. The van der Waals surface area contributed by atoms with E-state index < -0.39 is 5.41 Å². The van der Waals surface area contributed by atoms with E-state index in [4.69, 9.17) is 4.74 Å². The van der Waals surface area contributed by atoms with Crippen LogP contribution in [0.15, 0.2) is 0 Å². The van der Waals surface area contributed by atoms with Gasteiger partial charge in [0.2, 0.25) is 11.8 Å². The molecule has 2 rings (SSSR count). The molecule has 2 amide bonds. The molecule has 1 aliphatic heterocycles. The second kappa shape index (κ2) is 5.28. The van der Waals surface area contributed by atoms with Crippen molar-refractivity contribution < 1.29 is 19.1 Å². The van der Waals surface area contributed by atoms with Gasteiger partial charge >= 0.3 is 0 Å². The molecule has 1 aliphatic carbocycles. The zero-order valence-electron chi connectivity index (χ0n) is 11.4. The molecule has 1 saturated carbocycles. The SMILES string of the molecule is CCC(=O)C1(C(=O)N2CC(NC(=O)COC)C2)CC1. The standard InChI is InChI=1S/C13H20N2O4/c1-3-10(16)13(4-5-13)12(18)15-6-9(7-15)14-11(17)8-19-2/h9H,3-8H2,1-2H3,(H,14,17). The fourth-order valence-corrected chi connectivity index (χ4v) is 2.51. The lowest BCUT2D eigenvalue weighted by Crippen LogP contribution is -2.63. The van der Waals surface area contributed by atoms with Crippen molar-refractivity contribution in [2.75, 3.05) is 26.8 Å². The first-order valence-corrected chi connectivity index (χ1v) is 6.64. The molecular formula is C13H20N2O4. The van der Waals surface area contributed by atoms with Crippen molar-refractivity contribution in [3.63, 3.8) is 0 Å². The highest BCUT2D eigenvalue weighted by molar-refractivity contribution is 6.09. The summed E-state index contributed by atoms with van der Waals surface area (Å²) >= 11 is 0. The van der Waals surface area contributed by atoms with Crippen LogP contribution in [0.3, 0.4) is 0 Å². The monoisotopic (exact) mass is 268 g/mol. The van der Waals surface area contributed by atoms with Crippen molar-refractivity contribution in [3.8, 4) is 0 Å². The van der Waals surface area contributed by atoms with Gasteiger partial charge in [-0.2, -0.15) is 0 Å². The van der Waals surface area contributed by atoms with Crippen LogP contribution in [0.5, 0.6) is 0 Å². The Kier molecular flexibility index (Phi) is 3.89. The lowest BCUT2D eigenvalue weighted by atomic mass is 9.94. The second-order valence-corrected chi connectivity index (χ2v) is 5.27. The normalized spacial score (nSPS) is 20.6. The Morgan fingerprint density at radius 3 is 2.42 bits per heavy atom. The van der Waals surface area contributed by atoms with Crippen LogP contribution in [-0.4, -0.2) is 55.3 Å². The van der Waals surface area contributed by atoms with Crippen LogP contribution in [0.1, 0.15) is 26.2 Å². The van der Waals surface area contributed by atoms with Crippen molar-refractivity contribution in [3.05, 3.63) is 0 Å². The number of amides is 2. The third-order valence-corrected chi connectivity index (χ3v) is 3.82. The van der Waals surface area contributed by atoms with Crippen LogP contribution in [0, 0.1) is 5.41 Å². The molecule has 19 heavy (non-hydrogen) atoms. The van der Waals surface area contributed by atoms with Gasteiger partial charge in [0, 0.05) is 26.6 Å². The van der Waals surface area contributed by atoms with Gasteiger partial charge in [0.05, 0.1) is 6.04 Å². The number of Topliss-reactive ketones (excluding diaryl/α,β-unsaturated/α-hetero) is 1. The Bertz CT molecular complexity index is 397. The summed E-state index contributed by atoms with van der Waals surface area (Å²) in [5.41, 5.74) is -0.726. The third-order valence-electron chi connectivity index (χ3n) is 3.82. The summed E-state index contributed by atoms with van der Waals surface area (Å²) in [5, 5.41) is 2.77. The summed E-state index contributed by atoms with van der Waals surface area (Å²) in [6, 6.07) is -0.0147. The number of carbonyl (C=O) groups excluding carboxylic acids is 3. The Labute approximate surface area is 112 Å². The largest absolute Gasteiger partial charge is 0.375 e. The number of ether oxygens (including phenoxy) is 1. The molecule has 1 heterocycles. The Morgan fingerprint density at radius 2 is 1.95 bits per heavy atom. The molecule has 0 bridgehead atoms. The third kappa shape index (κ3) is 2.63. The van der Waals surface area contributed by atoms with E-state index in [1.807, 2.05) is 0 Å². The summed E-state index contributed by atoms with van der Waals surface area (Å²) < 4.78 is 4.72. The van der Waals surface area contributed by atoms with Gasteiger partial charge in [-0.1, -0.05) is 6.92 Å². The summed E-state index contributed by atoms with van der Waals surface area (Å²) in [5.74, 6) is -0.189. The quantitative estimate of drug-likeness (QED) is 0.672. The van der Waals surface area contributed by atoms with Gasteiger partial charge < -0.3 is 15.0 Å². The van der Waals surface area contributed by atoms with E-state index in [1.54, 1.807) is 11.8 Å². The van der Waals surface area contributed by atoms with Crippen molar-refractivity contribution in [2.45, 2.75) is 32.2 Å². The summed E-state index contributed by atoms with van der Waals surface area (Å²) in [6.07, 6.45) is 1.76. The van der Waals surface area contributed by atoms with Crippen molar-refractivity contribution in [1.29, 1.82) is 0 Å². The molecule has 1 N–H and O–H groups in total. The van der Waals surface area contributed by atoms with E-state index in [0.717, 1.165) is 0 Å². The first-order chi connectivity index (χ1) is 9.03. The van der Waals surface area contributed by atoms with Crippen LogP contribution in [0.4, 0.5) is 0 Å². The molecule has 0 aromatic heterocycles. The van der Waals surface area contributed by atoms with Crippen molar-refractivity contribution >= 4 is 17.6 Å². The van der Waals surface area contributed by atoms with Crippen LogP contribution < -0.4 is 5.32 Å². The second-order valence-electron chi connectivity index (χ2n) is 5.27. The average molecular weight is 268 g/mol. The lowest BCUT2D eigenvalue weighted by Gasteiger charge is -2.41. The first kappa shape index (κ1) is 14.0. The molecule has 0 atom stereocenters. The number of nitrogens with zero attached hydrogens (tertiary/aromatic N) is 1. The maximum absolute atomic E-state index is 12.2. The molecule has 106 valence electrons. The molecule has 2 fully saturated rings. The molecule has 1 saturated heterocycles. The van der Waals surface area contributed by atoms with Gasteiger partial charge in [0.15, 0.2) is 0 Å². The van der Waals surface area contributed by atoms with E-state index in [-0.39, 0.29) is 30.2 Å². The smallest absolute Gasteiger partial charge is 0.246 e. The molecule has 0 unspecified atom stereocenters. The predicted molar refractivity (Wildman–Crippen MR) is 67.4 cm³/mol. The van der Waals surface area contributed by atoms with E-state index >= 15 is 0 Å². The number of likely N-dealkylation sites (tertiary alicyclic amines) is 1. The van der Waals surface area contributed by atoms with Crippen LogP contribution in [-0.2, 0) is 19.1 Å². The highest BCUT2D eigenvalue weighted by atomic mass is 16.5. The molecule has 2 aliphatic rings. The minimum absolute atomic E-state index is 0.0147. The highest BCUT2D eigenvalue weighted by Crippen LogP contribution is 2.49. The topological polar surface area (TPSA) is 75.7 Å². The Balaban J connectivity index is 1.79.